The molecule has 3 aliphatic rings. The quantitative estimate of drug-likeness (QED) is 0.193. The maximum Gasteiger partial charge on any atom is 0.0894 e. The van der Waals surface area contributed by atoms with Crippen LogP contribution in [-0.4, -0.2) is 13.3 Å². The molecule has 0 unspecified atom stereocenters. The van der Waals surface area contributed by atoms with E-state index in [4.69, 9.17) is 0 Å². The maximum absolute atomic E-state index is 12.2. The number of rotatable bonds is 16. The predicted molar refractivity (Wildman–Crippen MR) is 144 cm³/mol. The van der Waals surface area contributed by atoms with Crippen molar-refractivity contribution >= 4 is 0 Å². The second kappa shape index (κ2) is 17.3. The first-order valence-electron chi connectivity index (χ1n) is 15.9. The van der Waals surface area contributed by atoms with E-state index in [1.807, 2.05) is 0 Å². The van der Waals surface area contributed by atoms with Crippen molar-refractivity contribution in [1.29, 1.82) is 0 Å². The molecule has 0 radical (unpaired) electrons. The molecule has 34 heavy (non-hydrogen) atoms. The number of halogens is 2. The number of unbranched alkanes of at least 4 members (excludes halogenated alkanes) is 8. The summed E-state index contributed by atoms with van der Waals surface area (Å²) in [5.41, 5.74) is 0. The van der Waals surface area contributed by atoms with Crippen LogP contribution in [0.1, 0.15) is 154 Å². The third-order valence-corrected chi connectivity index (χ3v) is 10.4. The van der Waals surface area contributed by atoms with Gasteiger partial charge >= 0.3 is 0 Å². The Morgan fingerprint density at radius 1 is 0.324 bits per heavy atom. The van der Waals surface area contributed by atoms with Crippen molar-refractivity contribution in [3.63, 3.8) is 0 Å². The normalized spacial score (nSPS) is 32.6. The van der Waals surface area contributed by atoms with Crippen molar-refractivity contribution < 1.29 is 8.78 Å². The first-order valence-corrected chi connectivity index (χ1v) is 15.9. The summed E-state index contributed by atoms with van der Waals surface area (Å²) in [6.07, 6.45) is 32.7. The summed E-state index contributed by atoms with van der Waals surface area (Å²) in [7, 11) is 0. The highest BCUT2D eigenvalue weighted by atomic mass is 19.1. The number of hydrogen-bond acceptors (Lipinski definition) is 0. The van der Waals surface area contributed by atoms with Crippen molar-refractivity contribution in [2.24, 2.45) is 35.5 Å². The molecule has 0 amide bonds. The van der Waals surface area contributed by atoms with Gasteiger partial charge in [-0.25, -0.2) is 0 Å². The molecule has 0 atom stereocenters. The lowest BCUT2D eigenvalue weighted by atomic mass is 9.64. The molecule has 3 aliphatic carbocycles. The molecule has 0 aromatic heterocycles. The molecule has 0 heterocycles. The van der Waals surface area contributed by atoms with Crippen LogP contribution in [0.5, 0.6) is 0 Å². The van der Waals surface area contributed by atoms with E-state index in [0.29, 0.717) is 0 Å². The van der Waals surface area contributed by atoms with Crippen LogP contribution in [0.3, 0.4) is 0 Å². The molecule has 0 saturated heterocycles. The van der Waals surface area contributed by atoms with E-state index in [2.05, 4.69) is 0 Å². The molecular formula is C32H58F2. The molecule has 2 heteroatoms. The molecule has 0 nitrogen and oxygen atoms in total. The molecule has 200 valence electrons. The van der Waals surface area contributed by atoms with Gasteiger partial charge in [-0.1, -0.05) is 89.9 Å². The van der Waals surface area contributed by atoms with Crippen LogP contribution in [0.25, 0.3) is 0 Å². The third kappa shape index (κ3) is 10.5. The van der Waals surface area contributed by atoms with Crippen LogP contribution < -0.4 is 0 Å². The van der Waals surface area contributed by atoms with Crippen LogP contribution in [0.2, 0.25) is 0 Å². The molecular weight excluding hydrogens is 422 g/mol. The first-order chi connectivity index (χ1) is 16.8. The van der Waals surface area contributed by atoms with Crippen molar-refractivity contribution in [2.45, 2.75) is 154 Å². The highest BCUT2D eigenvalue weighted by molar-refractivity contribution is 4.86. The topological polar surface area (TPSA) is 0 Å². The van der Waals surface area contributed by atoms with E-state index in [1.54, 1.807) is 0 Å². The minimum Gasteiger partial charge on any atom is -0.251 e. The minimum atomic E-state index is -0.128. The summed E-state index contributed by atoms with van der Waals surface area (Å²) >= 11 is 0. The van der Waals surface area contributed by atoms with Gasteiger partial charge < -0.3 is 0 Å². The summed E-state index contributed by atoms with van der Waals surface area (Å²) in [6.45, 7) is -0.253. The zero-order valence-corrected chi connectivity index (χ0v) is 22.6. The highest BCUT2D eigenvalue weighted by Crippen LogP contribution is 2.46. The Hall–Kier alpha value is -0.140. The molecule has 3 saturated carbocycles. The summed E-state index contributed by atoms with van der Waals surface area (Å²) in [4.78, 5) is 0. The van der Waals surface area contributed by atoms with Crippen LogP contribution in [-0.2, 0) is 0 Å². The molecule has 0 N–H and O–H groups in total. The fourth-order valence-electron chi connectivity index (χ4n) is 8.10. The Labute approximate surface area is 211 Å². The van der Waals surface area contributed by atoms with Crippen molar-refractivity contribution in [2.75, 3.05) is 13.3 Å². The number of hydrogen-bond donors (Lipinski definition) is 0. The van der Waals surface area contributed by atoms with E-state index in [-0.39, 0.29) is 13.3 Å². The average molecular weight is 481 g/mol. The molecule has 0 spiro atoms. The molecule has 3 fully saturated rings. The Balaban J connectivity index is 1.20. The van der Waals surface area contributed by atoms with E-state index in [9.17, 15) is 8.78 Å². The minimum absolute atomic E-state index is 0.125. The Bertz CT molecular complexity index is 467. The molecule has 0 bridgehead atoms. The first kappa shape index (κ1) is 28.4. The standard InChI is InChI=1S/C32H58F2/c33-25-9-5-2-1-3-7-11-27-13-17-29(18-14-27)31-21-23-32(24-22-31)30-19-15-28(16-20-30)12-8-4-6-10-26-34/h27-32H,1-26H2. The van der Waals surface area contributed by atoms with Crippen molar-refractivity contribution in [3.05, 3.63) is 0 Å². The van der Waals surface area contributed by atoms with Gasteiger partial charge in [0.25, 0.3) is 0 Å². The Kier molecular flexibility index (Phi) is 14.5. The van der Waals surface area contributed by atoms with Crippen LogP contribution in [0.4, 0.5) is 8.78 Å². The van der Waals surface area contributed by atoms with E-state index in [0.717, 1.165) is 61.2 Å². The highest BCUT2D eigenvalue weighted by Gasteiger charge is 2.34. The van der Waals surface area contributed by atoms with E-state index in [1.165, 1.54) is 128 Å². The van der Waals surface area contributed by atoms with Gasteiger partial charge in [0.2, 0.25) is 0 Å². The van der Waals surface area contributed by atoms with Crippen LogP contribution >= 0.6 is 0 Å². The SMILES string of the molecule is FCCCCCCCCC1CCC(C2CCC(C3CCC(CCCCCCF)CC3)CC2)CC1. The summed E-state index contributed by atoms with van der Waals surface area (Å²) in [5, 5.41) is 0. The van der Waals surface area contributed by atoms with E-state index >= 15 is 0 Å². The third-order valence-electron chi connectivity index (χ3n) is 10.4. The van der Waals surface area contributed by atoms with Gasteiger partial charge in [0.05, 0.1) is 13.3 Å². The van der Waals surface area contributed by atoms with Crippen LogP contribution in [0, 0.1) is 35.5 Å². The van der Waals surface area contributed by atoms with Gasteiger partial charge in [0.1, 0.15) is 0 Å². The van der Waals surface area contributed by atoms with Gasteiger partial charge in [0, 0.05) is 0 Å². The summed E-state index contributed by atoms with van der Waals surface area (Å²) in [5.74, 6) is 6.17. The molecule has 3 rings (SSSR count). The fraction of sp³-hybridized carbons (Fsp3) is 1.00. The molecule has 0 aromatic rings. The molecule has 0 aliphatic heterocycles. The monoisotopic (exact) mass is 480 g/mol. The Morgan fingerprint density at radius 2 is 0.588 bits per heavy atom. The fourth-order valence-corrected chi connectivity index (χ4v) is 8.10. The Morgan fingerprint density at radius 3 is 0.912 bits per heavy atom. The van der Waals surface area contributed by atoms with Gasteiger partial charge in [-0.05, 0) is 99.7 Å². The zero-order chi connectivity index (χ0) is 23.8. The lowest BCUT2D eigenvalue weighted by molar-refractivity contribution is 0.102. The molecule has 0 aromatic carbocycles. The second-order valence-corrected chi connectivity index (χ2v) is 12.7. The largest absolute Gasteiger partial charge is 0.251 e. The predicted octanol–water partition coefficient (Wildman–Crippen LogP) is 11.0. The zero-order valence-electron chi connectivity index (χ0n) is 22.6. The lowest BCUT2D eigenvalue weighted by Crippen LogP contribution is -2.29. The van der Waals surface area contributed by atoms with E-state index < -0.39 is 0 Å². The maximum atomic E-state index is 12.2. The average Bonchev–Trinajstić information content (AvgIpc) is 2.89. The van der Waals surface area contributed by atoms with Crippen LogP contribution in [0.15, 0.2) is 0 Å². The lowest BCUT2D eigenvalue weighted by Gasteiger charge is -2.41. The van der Waals surface area contributed by atoms with Gasteiger partial charge in [-0.2, -0.15) is 0 Å². The van der Waals surface area contributed by atoms with Gasteiger partial charge in [-0.3, -0.25) is 8.78 Å². The van der Waals surface area contributed by atoms with Gasteiger partial charge in [-0.15, -0.1) is 0 Å². The summed E-state index contributed by atoms with van der Waals surface area (Å²) < 4.78 is 24.4. The van der Waals surface area contributed by atoms with Crippen molar-refractivity contribution in [3.8, 4) is 0 Å². The summed E-state index contributed by atoms with van der Waals surface area (Å²) in [6, 6.07) is 0. The number of alkyl halides is 2. The van der Waals surface area contributed by atoms with Gasteiger partial charge in [0.15, 0.2) is 0 Å². The smallest absolute Gasteiger partial charge is 0.0894 e. The second-order valence-electron chi connectivity index (χ2n) is 12.7. The van der Waals surface area contributed by atoms with Crippen molar-refractivity contribution in [1.82, 2.24) is 0 Å².